The van der Waals surface area contributed by atoms with Crippen LogP contribution in [0.15, 0.2) is 12.2 Å². The Kier molecular flexibility index (Phi) is 13.3. The van der Waals surface area contributed by atoms with Crippen LogP contribution in [-0.2, 0) is 28.7 Å². The molecule has 4 amide bonds. The van der Waals surface area contributed by atoms with Crippen molar-refractivity contribution in [3.8, 4) is 0 Å². The highest BCUT2D eigenvalue weighted by atomic mass is 16.6. The Morgan fingerprint density at radius 3 is 2.21 bits per heavy atom. The molecule has 0 saturated carbocycles. The lowest BCUT2D eigenvalue weighted by Gasteiger charge is -2.28. The molecule has 4 atom stereocenters. The molecule has 0 aliphatic carbocycles. The molecule has 1 saturated heterocycles. The summed E-state index contributed by atoms with van der Waals surface area (Å²) in [5.74, 6) is -2.14. The van der Waals surface area contributed by atoms with E-state index in [1.807, 2.05) is 13.8 Å². The Morgan fingerprint density at radius 2 is 1.71 bits per heavy atom. The summed E-state index contributed by atoms with van der Waals surface area (Å²) in [7, 11) is 0. The predicted octanol–water partition coefficient (Wildman–Crippen LogP) is 2.20. The molecule has 1 unspecified atom stereocenters. The molecule has 1 heterocycles. The van der Waals surface area contributed by atoms with Gasteiger partial charge in [0.15, 0.2) is 0 Å². The molecule has 0 aromatic carbocycles. The number of rotatable bonds is 13. The van der Waals surface area contributed by atoms with Crippen LogP contribution in [0.25, 0.3) is 0 Å². The average Bonchev–Trinajstić information content (AvgIpc) is 3.17. The van der Waals surface area contributed by atoms with Crippen LogP contribution in [0.4, 0.5) is 4.79 Å². The molecule has 1 aliphatic heterocycles. The Bertz CT molecular complexity index is 864. The fourth-order valence-corrected chi connectivity index (χ4v) is 3.96. The van der Waals surface area contributed by atoms with Gasteiger partial charge in [0.25, 0.3) is 0 Å². The van der Waals surface area contributed by atoms with Crippen molar-refractivity contribution in [2.75, 3.05) is 13.2 Å². The van der Waals surface area contributed by atoms with Crippen molar-refractivity contribution in [3.63, 3.8) is 0 Å². The third-order valence-corrected chi connectivity index (χ3v) is 5.74. The molecule has 1 rings (SSSR count). The van der Waals surface area contributed by atoms with Crippen molar-refractivity contribution < 1.29 is 33.4 Å². The SMILES string of the molecule is CCOC(=O)/C=C/[C@H](CC1CCNC1=O)NC(=O)[C@H](CC(C)C)NC(=O)[C@@H](NC(=O)OC(C)(C)C)C(C)C. The van der Waals surface area contributed by atoms with Crippen LogP contribution in [0.1, 0.15) is 74.7 Å². The van der Waals surface area contributed by atoms with E-state index >= 15 is 0 Å². The Labute approximate surface area is 226 Å². The van der Waals surface area contributed by atoms with E-state index in [2.05, 4.69) is 21.3 Å². The van der Waals surface area contributed by atoms with Crippen LogP contribution in [0.5, 0.6) is 0 Å². The first-order chi connectivity index (χ1) is 17.6. The van der Waals surface area contributed by atoms with Gasteiger partial charge in [-0.05, 0) is 58.8 Å². The minimum absolute atomic E-state index is 0.0662. The van der Waals surface area contributed by atoms with Gasteiger partial charge in [0.2, 0.25) is 17.7 Å². The smallest absolute Gasteiger partial charge is 0.408 e. The van der Waals surface area contributed by atoms with E-state index < -0.39 is 47.6 Å². The Morgan fingerprint density at radius 1 is 1.05 bits per heavy atom. The fourth-order valence-electron chi connectivity index (χ4n) is 3.96. The first-order valence-corrected chi connectivity index (χ1v) is 13.4. The lowest BCUT2D eigenvalue weighted by molar-refractivity contribution is -0.137. The van der Waals surface area contributed by atoms with E-state index in [9.17, 15) is 24.0 Å². The molecule has 11 heteroatoms. The lowest BCUT2D eigenvalue weighted by atomic mass is 9.96. The van der Waals surface area contributed by atoms with Gasteiger partial charge in [0.1, 0.15) is 17.7 Å². The molecule has 216 valence electrons. The predicted molar refractivity (Wildman–Crippen MR) is 143 cm³/mol. The standard InChI is InChI=1S/C27H46N4O7/c1-9-37-21(32)11-10-19(15-18-12-13-28-23(18)33)29-24(34)20(14-16(2)3)30-25(35)22(17(4)5)31-26(36)38-27(6,7)8/h10-11,16-20,22H,9,12-15H2,1-8H3,(H,28,33)(H,29,34)(H,30,35)(H,31,36)/b11-10+/t18?,19-,20+,22+/m1/s1. The summed E-state index contributed by atoms with van der Waals surface area (Å²) in [4.78, 5) is 62.9. The maximum absolute atomic E-state index is 13.4. The second kappa shape index (κ2) is 15.3. The molecule has 1 fully saturated rings. The van der Waals surface area contributed by atoms with E-state index in [-0.39, 0.29) is 30.3 Å². The van der Waals surface area contributed by atoms with E-state index in [1.54, 1.807) is 41.5 Å². The van der Waals surface area contributed by atoms with Crippen molar-refractivity contribution >= 4 is 29.8 Å². The van der Waals surface area contributed by atoms with Crippen molar-refractivity contribution in [2.24, 2.45) is 17.8 Å². The van der Waals surface area contributed by atoms with Gasteiger partial charge in [-0.1, -0.05) is 33.8 Å². The Balaban J connectivity index is 3.04. The van der Waals surface area contributed by atoms with Crippen LogP contribution in [0, 0.1) is 17.8 Å². The van der Waals surface area contributed by atoms with Crippen molar-refractivity contribution in [3.05, 3.63) is 12.2 Å². The normalized spacial score (nSPS) is 18.1. The van der Waals surface area contributed by atoms with Gasteiger partial charge in [0.05, 0.1) is 6.61 Å². The number of ether oxygens (including phenoxy) is 2. The largest absolute Gasteiger partial charge is 0.463 e. The highest BCUT2D eigenvalue weighted by Crippen LogP contribution is 2.18. The minimum Gasteiger partial charge on any atom is -0.463 e. The van der Waals surface area contributed by atoms with Crippen LogP contribution in [0.3, 0.4) is 0 Å². The second-order valence-electron chi connectivity index (χ2n) is 11.3. The van der Waals surface area contributed by atoms with E-state index in [1.165, 1.54) is 12.2 Å². The Hall–Kier alpha value is -3.11. The average molecular weight is 539 g/mol. The maximum Gasteiger partial charge on any atom is 0.408 e. The highest BCUT2D eigenvalue weighted by molar-refractivity contribution is 5.92. The molecular weight excluding hydrogens is 492 g/mol. The second-order valence-corrected chi connectivity index (χ2v) is 11.3. The molecule has 0 radical (unpaired) electrons. The van der Waals surface area contributed by atoms with Gasteiger partial charge in [-0.3, -0.25) is 14.4 Å². The van der Waals surface area contributed by atoms with E-state index in [0.29, 0.717) is 25.8 Å². The molecule has 0 bridgehead atoms. The molecule has 11 nitrogen and oxygen atoms in total. The third-order valence-electron chi connectivity index (χ3n) is 5.74. The summed E-state index contributed by atoms with van der Waals surface area (Å²) < 4.78 is 10.2. The van der Waals surface area contributed by atoms with Gasteiger partial charge in [-0.15, -0.1) is 0 Å². The number of hydrogen-bond acceptors (Lipinski definition) is 7. The summed E-state index contributed by atoms with van der Waals surface area (Å²) in [5.41, 5.74) is -0.732. The molecule has 4 N–H and O–H groups in total. The number of carbonyl (C=O) groups excluding carboxylic acids is 5. The number of carbonyl (C=O) groups is 5. The maximum atomic E-state index is 13.4. The number of esters is 1. The molecule has 38 heavy (non-hydrogen) atoms. The zero-order chi connectivity index (χ0) is 29.0. The van der Waals surface area contributed by atoms with Crippen molar-refractivity contribution in [1.82, 2.24) is 21.3 Å². The summed E-state index contributed by atoms with van der Waals surface area (Å²) in [6.45, 7) is 15.0. The molecule has 1 aliphatic rings. The number of hydrogen-bond donors (Lipinski definition) is 4. The summed E-state index contributed by atoms with van der Waals surface area (Å²) in [5, 5.41) is 11.0. The van der Waals surface area contributed by atoms with Crippen LogP contribution >= 0.6 is 0 Å². The molecule has 0 aromatic rings. The van der Waals surface area contributed by atoms with E-state index in [0.717, 1.165) is 0 Å². The lowest BCUT2D eigenvalue weighted by Crippen LogP contribution is -2.57. The topological polar surface area (TPSA) is 152 Å². The third kappa shape index (κ3) is 12.4. The quantitative estimate of drug-likeness (QED) is 0.207. The molecule has 0 spiro atoms. The number of amides is 4. The molecular formula is C27H46N4O7. The van der Waals surface area contributed by atoms with Crippen LogP contribution in [-0.4, -0.2) is 66.7 Å². The minimum atomic E-state index is -0.922. The van der Waals surface area contributed by atoms with Gasteiger partial charge in [0, 0.05) is 24.6 Å². The van der Waals surface area contributed by atoms with Crippen LogP contribution in [0.2, 0.25) is 0 Å². The summed E-state index contributed by atoms with van der Waals surface area (Å²) in [6, 6.07) is -2.46. The van der Waals surface area contributed by atoms with Crippen LogP contribution < -0.4 is 21.3 Å². The molecule has 0 aromatic heterocycles. The zero-order valence-electron chi connectivity index (χ0n) is 24.0. The summed E-state index contributed by atoms with van der Waals surface area (Å²) in [6.07, 6.45) is 3.28. The van der Waals surface area contributed by atoms with E-state index in [4.69, 9.17) is 9.47 Å². The monoisotopic (exact) mass is 538 g/mol. The van der Waals surface area contributed by atoms with Crippen molar-refractivity contribution in [1.29, 1.82) is 0 Å². The van der Waals surface area contributed by atoms with Gasteiger partial charge in [-0.2, -0.15) is 0 Å². The zero-order valence-corrected chi connectivity index (χ0v) is 24.0. The number of alkyl carbamates (subject to hydrolysis) is 1. The van der Waals surface area contributed by atoms with Gasteiger partial charge < -0.3 is 30.7 Å². The highest BCUT2D eigenvalue weighted by Gasteiger charge is 2.32. The van der Waals surface area contributed by atoms with Gasteiger partial charge >= 0.3 is 12.1 Å². The number of nitrogens with one attached hydrogen (secondary N) is 4. The first kappa shape index (κ1) is 32.9. The van der Waals surface area contributed by atoms with Crippen molar-refractivity contribution in [2.45, 2.75) is 98.4 Å². The van der Waals surface area contributed by atoms with Gasteiger partial charge in [-0.25, -0.2) is 9.59 Å². The first-order valence-electron chi connectivity index (χ1n) is 13.4. The summed E-state index contributed by atoms with van der Waals surface area (Å²) >= 11 is 0. The fraction of sp³-hybridized carbons (Fsp3) is 0.741.